The summed E-state index contributed by atoms with van der Waals surface area (Å²) in [4.78, 5) is 14.6. The smallest absolute Gasteiger partial charge is 0.265 e. The molecule has 1 aromatic heterocycles. The highest BCUT2D eigenvalue weighted by molar-refractivity contribution is 9.10. The Bertz CT molecular complexity index is 384. The molecule has 0 aliphatic carbocycles. The molecule has 0 amide bonds. The largest absolute Gasteiger partial charge is 0.276 e. The van der Waals surface area contributed by atoms with E-state index in [0.717, 1.165) is 6.20 Å². The lowest BCUT2D eigenvalue weighted by atomic mass is 10.1. The van der Waals surface area contributed by atoms with Gasteiger partial charge in [-0.15, -0.1) is 0 Å². The molecule has 0 aromatic carbocycles. The average Bonchev–Trinajstić information content (AvgIpc) is 2.08. The van der Waals surface area contributed by atoms with Gasteiger partial charge in [-0.25, -0.2) is 8.78 Å². The molecule has 14 heavy (non-hydrogen) atoms. The second-order valence-electron chi connectivity index (χ2n) is 2.56. The fourth-order valence-corrected chi connectivity index (χ4v) is 1.61. The lowest BCUT2D eigenvalue weighted by Gasteiger charge is -2.08. The minimum absolute atomic E-state index is 0.124. The zero-order chi connectivity index (χ0) is 10.9. The number of carbonyl (C=O) groups excluding carboxylic acids is 1. The summed E-state index contributed by atoms with van der Waals surface area (Å²) in [6.45, 7) is 1.55. The van der Waals surface area contributed by atoms with Gasteiger partial charge in [0.1, 0.15) is 0 Å². The van der Waals surface area contributed by atoms with E-state index >= 15 is 0 Å². The molecule has 0 spiro atoms. The molecule has 0 unspecified atom stereocenters. The van der Waals surface area contributed by atoms with Crippen LogP contribution < -0.4 is 0 Å². The Kier molecular flexibility index (Phi) is 3.55. The van der Waals surface area contributed by atoms with Gasteiger partial charge in [-0.05, 0) is 34.5 Å². The molecule has 1 rings (SSSR count). The van der Waals surface area contributed by atoms with E-state index in [1.165, 1.54) is 0 Å². The molecule has 0 radical (unpaired) electrons. The first-order chi connectivity index (χ1) is 6.45. The van der Waals surface area contributed by atoms with E-state index in [9.17, 15) is 13.6 Å². The first-order valence-corrected chi connectivity index (χ1v) is 4.75. The molecule has 0 fully saturated rings. The molecular weight excluding hydrogens is 279 g/mol. The Morgan fingerprint density at radius 1 is 1.64 bits per heavy atom. The van der Waals surface area contributed by atoms with Crippen molar-refractivity contribution in [2.75, 3.05) is 0 Å². The van der Waals surface area contributed by atoms with Crippen molar-refractivity contribution in [1.29, 1.82) is 0 Å². The van der Waals surface area contributed by atoms with Crippen molar-refractivity contribution in [3.05, 3.63) is 27.5 Å². The van der Waals surface area contributed by atoms with Crippen molar-refractivity contribution in [3.63, 3.8) is 0 Å². The Balaban J connectivity index is 3.45. The molecular formula is C8H5BrClF2NO. The summed E-state index contributed by atoms with van der Waals surface area (Å²) >= 11 is 8.09. The topological polar surface area (TPSA) is 30.0 Å². The molecule has 0 aliphatic heterocycles. The molecule has 1 heterocycles. The van der Waals surface area contributed by atoms with E-state index in [-0.39, 0.29) is 10.0 Å². The number of hydrogen-bond donors (Lipinski definition) is 0. The van der Waals surface area contributed by atoms with Crippen molar-refractivity contribution in [2.45, 2.75) is 13.3 Å². The predicted molar refractivity (Wildman–Crippen MR) is 51.8 cm³/mol. The van der Waals surface area contributed by atoms with Crippen molar-refractivity contribution < 1.29 is 13.6 Å². The molecule has 6 heteroatoms. The van der Waals surface area contributed by atoms with Crippen molar-refractivity contribution >= 4 is 32.8 Å². The van der Waals surface area contributed by atoms with Crippen LogP contribution >= 0.6 is 27.5 Å². The molecule has 0 saturated carbocycles. The molecule has 0 atom stereocenters. The number of aryl methyl sites for hydroxylation is 1. The first-order valence-electron chi connectivity index (χ1n) is 3.58. The summed E-state index contributed by atoms with van der Waals surface area (Å²) in [6, 6.07) is 0. The first kappa shape index (κ1) is 11.5. The predicted octanol–water partition coefficient (Wildman–Crippen LogP) is 3.47. The number of pyridine rings is 1. The van der Waals surface area contributed by atoms with Crippen LogP contribution in [0.2, 0.25) is 0 Å². The highest BCUT2D eigenvalue weighted by Gasteiger charge is 2.22. The molecule has 0 bridgehead atoms. The fraction of sp³-hybridized carbons (Fsp3) is 0.250. The third kappa shape index (κ3) is 2.09. The van der Waals surface area contributed by atoms with Crippen molar-refractivity contribution in [3.8, 4) is 0 Å². The number of aromatic nitrogens is 1. The van der Waals surface area contributed by atoms with Crippen LogP contribution in [0.5, 0.6) is 0 Å². The number of rotatable bonds is 2. The Morgan fingerprint density at radius 3 is 2.64 bits per heavy atom. The molecule has 0 aliphatic rings. The zero-order valence-corrected chi connectivity index (χ0v) is 9.36. The molecule has 0 N–H and O–H groups in total. The number of halogens is 4. The molecule has 0 saturated heterocycles. The highest BCUT2D eigenvalue weighted by Crippen LogP contribution is 2.32. The quantitative estimate of drug-likeness (QED) is 0.778. The van der Waals surface area contributed by atoms with Crippen LogP contribution in [0.25, 0.3) is 0 Å². The second kappa shape index (κ2) is 4.31. The lowest BCUT2D eigenvalue weighted by Crippen LogP contribution is -2.02. The Hall–Kier alpha value is -0.550. The summed E-state index contributed by atoms with van der Waals surface area (Å²) in [5.74, 6) is 0. The van der Waals surface area contributed by atoms with Crippen LogP contribution in [0.4, 0.5) is 8.78 Å². The highest BCUT2D eigenvalue weighted by atomic mass is 79.9. The summed E-state index contributed by atoms with van der Waals surface area (Å²) < 4.78 is 25.2. The normalized spacial score (nSPS) is 10.7. The molecule has 2 nitrogen and oxygen atoms in total. The standard InChI is InChI=1S/C8H5BrClF2NO/c1-3-6(9)5(8(11)12)4(2-13-3)7(10)14/h2,8H,1H3. The van der Waals surface area contributed by atoms with Crippen LogP contribution in [0.1, 0.15) is 28.0 Å². The Morgan fingerprint density at radius 2 is 2.21 bits per heavy atom. The minimum Gasteiger partial charge on any atom is -0.276 e. The average molecular weight is 284 g/mol. The third-order valence-corrected chi connectivity index (χ3v) is 2.87. The summed E-state index contributed by atoms with van der Waals surface area (Å²) in [7, 11) is 0. The molecule has 76 valence electrons. The summed E-state index contributed by atoms with van der Waals surface area (Å²) in [6.07, 6.45) is -1.71. The van der Waals surface area contributed by atoms with E-state index in [0.29, 0.717) is 5.69 Å². The van der Waals surface area contributed by atoms with Crippen molar-refractivity contribution in [2.24, 2.45) is 0 Å². The van der Waals surface area contributed by atoms with Crippen molar-refractivity contribution in [1.82, 2.24) is 4.98 Å². The summed E-state index contributed by atoms with van der Waals surface area (Å²) in [5.41, 5.74) is -0.279. The van der Waals surface area contributed by atoms with Crippen LogP contribution in [0, 0.1) is 6.92 Å². The van der Waals surface area contributed by atoms with Gasteiger partial charge in [0.05, 0.1) is 11.3 Å². The number of hydrogen-bond acceptors (Lipinski definition) is 2. The van der Waals surface area contributed by atoms with E-state index < -0.39 is 17.2 Å². The fourth-order valence-electron chi connectivity index (χ4n) is 0.971. The van der Waals surface area contributed by atoms with Crippen LogP contribution in [-0.2, 0) is 0 Å². The number of alkyl halides is 2. The third-order valence-electron chi connectivity index (χ3n) is 1.66. The van der Waals surface area contributed by atoms with Crippen LogP contribution in [0.15, 0.2) is 10.7 Å². The summed E-state index contributed by atoms with van der Waals surface area (Å²) in [5, 5.41) is -0.937. The Labute approximate surface area is 92.4 Å². The van der Waals surface area contributed by atoms with Gasteiger partial charge < -0.3 is 0 Å². The second-order valence-corrected chi connectivity index (χ2v) is 3.70. The van der Waals surface area contributed by atoms with Gasteiger partial charge in [0.25, 0.3) is 11.7 Å². The minimum atomic E-state index is -2.76. The lowest BCUT2D eigenvalue weighted by molar-refractivity contribution is 0.106. The van der Waals surface area contributed by atoms with Gasteiger partial charge >= 0.3 is 0 Å². The van der Waals surface area contributed by atoms with Gasteiger partial charge in [-0.1, -0.05) is 0 Å². The van der Waals surface area contributed by atoms with E-state index in [1.807, 2.05) is 0 Å². The van der Waals surface area contributed by atoms with Gasteiger partial charge in [-0.3, -0.25) is 9.78 Å². The number of nitrogens with zero attached hydrogens (tertiary/aromatic N) is 1. The van der Waals surface area contributed by atoms with Gasteiger partial charge in [0.2, 0.25) is 0 Å². The number of carbonyl (C=O) groups is 1. The van der Waals surface area contributed by atoms with E-state index in [4.69, 9.17) is 11.6 Å². The SMILES string of the molecule is Cc1ncc(C(=O)Cl)c(C(F)F)c1Br. The maximum atomic E-state index is 12.6. The van der Waals surface area contributed by atoms with Gasteiger partial charge in [0, 0.05) is 16.2 Å². The van der Waals surface area contributed by atoms with Crippen LogP contribution in [0.3, 0.4) is 0 Å². The van der Waals surface area contributed by atoms with E-state index in [1.54, 1.807) is 6.92 Å². The monoisotopic (exact) mass is 283 g/mol. The van der Waals surface area contributed by atoms with Crippen LogP contribution in [-0.4, -0.2) is 10.2 Å². The molecule has 1 aromatic rings. The zero-order valence-electron chi connectivity index (χ0n) is 7.02. The van der Waals surface area contributed by atoms with E-state index in [2.05, 4.69) is 20.9 Å². The maximum absolute atomic E-state index is 12.6. The van der Waals surface area contributed by atoms with Gasteiger partial charge in [0.15, 0.2) is 0 Å². The maximum Gasteiger partial charge on any atom is 0.265 e. The van der Waals surface area contributed by atoms with Gasteiger partial charge in [-0.2, -0.15) is 0 Å².